The maximum Gasteiger partial charge on any atom is 0.139 e. The minimum atomic E-state index is 0.246. The van der Waals surface area contributed by atoms with Gasteiger partial charge < -0.3 is 10.4 Å². The van der Waals surface area contributed by atoms with Gasteiger partial charge in [0.05, 0.1) is 5.02 Å². The summed E-state index contributed by atoms with van der Waals surface area (Å²) in [6.07, 6.45) is 3.51. The first-order valence-corrected chi connectivity index (χ1v) is 5.79. The highest BCUT2D eigenvalue weighted by atomic mass is 35.5. The number of piperidine rings is 1. The van der Waals surface area contributed by atoms with Crippen LogP contribution >= 0.6 is 11.6 Å². The van der Waals surface area contributed by atoms with Crippen LogP contribution in [-0.2, 0) is 0 Å². The molecule has 0 saturated carbocycles. The molecule has 2 nitrogen and oxygen atoms in total. The predicted octanol–water partition coefficient (Wildman–Crippen LogP) is 3.17. The Balaban J connectivity index is 2.36. The molecule has 1 aliphatic rings. The van der Waals surface area contributed by atoms with Crippen molar-refractivity contribution in [2.45, 2.75) is 32.2 Å². The van der Waals surface area contributed by atoms with Gasteiger partial charge in [-0.25, -0.2) is 0 Å². The van der Waals surface area contributed by atoms with Gasteiger partial charge in [-0.05, 0) is 37.9 Å². The Morgan fingerprint density at radius 3 is 2.87 bits per heavy atom. The average Bonchev–Trinajstić information content (AvgIpc) is 2.26. The quantitative estimate of drug-likeness (QED) is 0.770. The molecule has 2 N–H and O–H groups in total. The lowest BCUT2D eigenvalue weighted by Gasteiger charge is -2.26. The van der Waals surface area contributed by atoms with E-state index in [1.807, 2.05) is 13.0 Å². The van der Waals surface area contributed by atoms with Gasteiger partial charge in [0.1, 0.15) is 5.75 Å². The summed E-state index contributed by atoms with van der Waals surface area (Å²) in [6.45, 7) is 3.04. The Bertz CT molecular complexity index is 359. The van der Waals surface area contributed by atoms with Crippen LogP contribution in [0.4, 0.5) is 0 Å². The average molecular weight is 226 g/mol. The molecule has 3 heteroatoms. The van der Waals surface area contributed by atoms with Crippen molar-refractivity contribution in [3.8, 4) is 5.75 Å². The number of phenols is 1. The molecule has 1 atom stereocenters. The molecule has 1 aliphatic heterocycles. The molecule has 1 aromatic carbocycles. The van der Waals surface area contributed by atoms with Crippen LogP contribution in [0.1, 0.15) is 36.4 Å². The van der Waals surface area contributed by atoms with Crippen LogP contribution in [-0.4, -0.2) is 11.7 Å². The Morgan fingerprint density at radius 1 is 1.40 bits per heavy atom. The number of rotatable bonds is 1. The Morgan fingerprint density at radius 2 is 2.20 bits per heavy atom. The summed E-state index contributed by atoms with van der Waals surface area (Å²) >= 11 is 5.93. The van der Waals surface area contributed by atoms with Crippen LogP contribution < -0.4 is 5.32 Å². The maximum atomic E-state index is 9.96. The Hall–Kier alpha value is -0.730. The molecule has 1 saturated heterocycles. The fourth-order valence-electron chi connectivity index (χ4n) is 2.22. The largest absolute Gasteiger partial charge is 0.506 e. The van der Waals surface area contributed by atoms with Crippen molar-refractivity contribution in [2.24, 2.45) is 0 Å². The molecule has 1 unspecified atom stereocenters. The Labute approximate surface area is 95.3 Å². The van der Waals surface area contributed by atoms with E-state index >= 15 is 0 Å². The number of hydrogen-bond acceptors (Lipinski definition) is 2. The van der Waals surface area contributed by atoms with Gasteiger partial charge in [0, 0.05) is 11.6 Å². The first-order valence-electron chi connectivity index (χ1n) is 5.41. The van der Waals surface area contributed by atoms with Crippen LogP contribution in [0.15, 0.2) is 12.1 Å². The highest BCUT2D eigenvalue weighted by Gasteiger charge is 2.21. The number of phenolic OH excluding ortho intramolecular Hbond substituents is 1. The number of benzene rings is 1. The molecule has 0 spiro atoms. The third-order valence-corrected chi connectivity index (χ3v) is 3.35. The first kappa shape index (κ1) is 10.8. The molecular formula is C12H16ClNO. The minimum Gasteiger partial charge on any atom is -0.506 e. The van der Waals surface area contributed by atoms with Crippen molar-refractivity contribution in [3.05, 3.63) is 28.3 Å². The third-order valence-electron chi connectivity index (χ3n) is 3.04. The van der Waals surface area contributed by atoms with Gasteiger partial charge in [-0.2, -0.15) is 0 Å². The summed E-state index contributed by atoms with van der Waals surface area (Å²) in [4.78, 5) is 0. The van der Waals surface area contributed by atoms with E-state index in [1.54, 1.807) is 6.07 Å². The summed E-state index contributed by atoms with van der Waals surface area (Å²) in [5, 5.41) is 13.8. The van der Waals surface area contributed by atoms with E-state index < -0.39 is 0 Å². The highest BCUT2D eigenvalue weighted by molar-refractivity contribution is 6.32. The molecule has 0 aromatic heterocycles. The third kappa shape index (κ3) is 2.11. The van der Waals surface area contributed by atoms with Crippen LogP contribution in [0.5, 0.6) is 5.75 Å². The van der Waals surface area contributed by atoms with Gasteiger partial charge in [-0.15, -0.1) is 0 Å². The predicted molar refractivity (Wildman–Crippen MR) is 62.4 cm³/mol. The first-order chi connectivity index (χ1) is 7.20. The van der Waals surface area contributed by atoms with Gasteiger partial charge >= 0.3 is 0 Å². The van der Waals surface area contributed by atoms with E-state index in [1.165, 1.54) is 12.8 Å². The lowest BCUT2D eigenvalue weighted by atomic mass is 9.93. The molecule has 2 rings (SSSR count). The molecule has 0 bridgehead atoms. The number of hydrogen-bond donors (Lipinski definition) is 2. The summed E-state index contributed by atoms with van der Waals surface area (Å²) in [7, 11) is 0. The zero-order chi connectivity index (χ0) is 10.8. The van der Waals surface area contributed by atoms with Gasteiger partial charge in [0.25, 0.3) is 0 Å². The standard InChI is InChI=1S/C12H16ClNO/c1-8-5-6-9(13)12(15)11(8)10-4-2-3-7-14-10/h5-6,10,14-15H,2-4,7H2,1H3. The van der Waals surface area contributed by atoms with Crippen molar-refractivity contribution in [1.82, 2.24) is 5.32 Å². The summed E-state index contributed by atoms with van der Waals surface area (Å²) in [6, 6.07) is 3.98. The van der Waals surface area contributed by atoms with Crippen molar-refractivity contribution in [1.29, 1.82) is 0 Å². The maximum absolute atomic E-state index is 9.96. The molecule has 0 amide bonds. The lowest BCUT2D eigenvalue weighted by Crippen LogP contribution is -2.27. The molecule has 1 fully saturated rings. The van der Waals surface area contributed by atoms with Crippen LogP contribution in [0.2, 0.25) is 5.02 Å². The van der Waals surface area contributed by atoms with Gasteiger partial charge in [0.2, 0.25) is 0 Å². The lowest BCUT2D eigenvalue weighted by molar-refractivity contribution is 0.389. The molecule has 15 heavy (non-hydrogen) atoms. The zero-order valence-corrected chi connectivity index (χ0v) is 9.64. The van der Waals surface area contributed by atoms with E-state index in [0.717, 1.165) is 24.1 Å². The SMILES string of the molecule is Cc1ccc(Cl)c(O)c1C1CCCCN1. The number of halogens is 1. The fourth-order valence-corrected chi connectivity index (χ4v) is 2.39. The smallest absolute Gasteiger partial charge is 0.139 e. The van der Waals surface area contributed by atoms with E-state index in [0.29, 0.717) is 5.02 Å². The second-order valence-corrected chi connectivity index (χ2v) is 4.54. The minimum absolute atomic E-state index is 0.246. The Kier molecular flexibility index (Phi) is 3.17. The van der Waals surface area contributed by atoms with Crippen LogP contribution in [0.25, 0.3) is 0 Å². The van der Waals surface area contributed by atoms with Gasteiger partial charge in [0.15, 0.2) is 0 Å². The molecule has 0 aliphatic carbocycles. The normalized spacial score (nSPS) is 21.6. The molecule has 1 heterocycles. The zero-order valence-electron chi connectivity index (χ0n) is 8.89. The monoisotopic (exact) mass is 225 g/mol. The van der Waals surface area contributed by atoms with Crippen molar-refractivity contribution in [2.75, 3.05) is 6.54 Å². The second kappa shape index (κ2) is 4.42. The molecule has 0 radical (unpaired) electrons. The number of aryl methyl sites for hydroxylation is 1. The fraction of sp³-hybridized carbons (Fsp3) is 0.500. The van der Waals surface area contributed by atoms with E-state index in [2.05, 4.69) is 5.32 Å². The molecule has 82 valence electrons. The van der Waals surface area contributed by atoms with E-state index in [4.69, 9.17) is 11.6 Å². The number of aromatic hydroxyl groups is 1. The van der Waals surface area contributed by atoms with E-state index in [-0.39, 0.29) is 11.8 Å². The second-order valence-electron chi connectivity index (χ2n) is 4.13. The summed E-state index contributed by atoms with van der Waals surface area (Å²) in [5.41, 5.74) is 2.08. The van der Waals surface area contributed by atoms with Gasteiger partial charge in [-0.3, -0.25) is 0 Å². The molecule has 1 aromatic rings. The van der Waals surface area contributed by atoms with Crippen molar-refractivity contribution < 1.29 is 5.11 Å². The van der Waals surface area contributed by atoms with Crippen LogP contribution in [0.3, 0.4) is 0 Å². The number of nitrogens with one attached hydrogen (secondary N) is 1. The topological polar surface area (TPSA) is 32.3 Å². The van der Waals surface area contributed by atoms with Gasteiger partial charge in [-0.1, -0.05) is 24.1 Å². The van der Waals surface area contributed by atoms with Crippen molar-refractivity contribution in [3.63, 3.8) is 0 Å². The summed E-state index contributed by atoms with van der Waals surface area (Å²) in [5.74, 6) is 0.246. The van der Waals surface area contributed by atoms with Crippen molar-refractivity contribution >= 4 is 11.6 Å². The van der Waals surface area contributed by atoms with E-state index in [9.17, 15) is 5.11 Å². The molecular weight excluding hydrogens is 210 g/mol. The summed E-state index contributed by atoms with van der Waals surface area (Å²) < 4.78 is 0. The highest BCUT2D eigenvalue weighted by Crippen LogP contribution is 2.37. The van der Waals surface area contributed by atoms with Crippen LogP contribution in [0, 0.1) is 6.92 Å².